The predicted octanol–water partition coefficient (Wildman–Crippen LogP) is 2.60. The minimum absolute atomic E-state index is 0.00859. The van der Waals surface area contributed by atoms with Crippen molar-refractivity contribution in [2.24, 2.45) is 0 Å². The van der Waals surface area contributed by atoms with E-state index in [0.717, 1.165) is 25.7 Å². The number of nitrogens with zero attached hydrogens (tertiary/aromatic N) is 2. The molecule has 1 aliphatic rings. The Morgan fingerprint density at radius 2 is 2.20 bits per heavy atom. The van der Waals surface area contributed by atoms with Gasteiger partial charge in [-0.15, -0.1) is 0 Å². The summed E-state index contributed by atoms with van der Waals surface area (Å²) in [7, 11) is -3.69. The second-order valence-electron chi connectivity index (χ2n) is 5.23. The first-order chi connectivity index (χ1) is 9.47. The lowest BCUT2D eigenvalue weighted by molar-refractivity contribution is 0.213. The van der Waals surface area contributed by atoms with Gasteiger partial charge >= 0.3 is 0 Å². The summed E-state index contributed by atoms with van der Waals surface area (Å²) in [6.07, 6.45) is 5.23. The number of hydrogen-bond donors (Lipinski definition) is 1. The highest BCUT2D eigenvalue weighted by Gasteiger charge is 2.40. The van der Waals surface area contributed by atoms with Crippen molar-refractivity contribution >= 4 is 27.3 Å². The zero-order chi connectivity index (χ0) is 14.4. The standard InChI is InChI=1S/C13H16ClN3O2S/c1-2-13(7-5-8-13)16-20(18,19)12-11(14)15-10-6-3-4-9-17(10)12/h3-4,6,9,16H,2,5,7-8H2,1H3. The first kappa shape index (κ1) is 13.9. The van der Waals surface area contributed by atoms with Crippen molar-refractivity contribution in [2.75, 3.05) is 0 Å². The summed E-state index contributed by atoms with van der Waals surface area (Å²) in [6, 6.07) is 5.27. The van der Waals surface area contributed by atoms with Crippen LogP contribution in [0.25, 0.3) is 5.65 Å². The SMILES string of the molecule is CCC1(NS(=O)(=O)c2c(Cl)nc3ccccn23)CCC1. The molecule has 1 aliphatic carbocycles. The van der Waals surface area contributed by atoms with Crippen molar-refractivity contribution in [3.05, 3.63) is 29.5 Å². The zero-order valence-electron chi connectivity index (χ0n) is 11.1. The fourth-order valence-corrected chi connectivity index (χ4v) is 4.83. The molecule has 2 aromatic rings. The second-order valence-corrected chi connectivity index (χ2v) is 7.19. The van der Waals surface area contributed by atoms with E-state index in [-0.39, 0.29) is 15.7 Å². The van der Waals surface area contributed by atoms with Gasteiger partial charge in [-0.25, -0.2) is 18.1 Å². The van der Waals surface area contributed by atoms with Crippen molar-refractivity contribution in [3.63, 3.8) is 0 Å². The molecule has 7 heteroatoms. The molecule has 0 amide bonds. The molecule has 0 aromatic carbocycles. The van der Waals surface area contributed by atoms with E-state index in [2.05, 4.69) is 9.71 Å². The van der Waals surface area contributed by atoms with E-state index in [1.54, 1.807) is 24.4 Å². The van der Waals surface area contributed by atoms with Crippen molar-refractivity contribution < 1.29 is 8.42 Å². The van der Waals surface area contributed by atoms with E-state index < -0.39 is 10.0 Å². The number of pyridine rings is 1. The Bertz CT molecular complexity index is 745. The van der Waals surface area contributed by atoms with Crippen LogP contribution in [0, 0.1) is 0 Å². The summed E-state index contributed by atoms with van der Waals surface area (Å²) in [6.45, 7) is 2.00. The Labute approximate surface area is 123 Å². The number of fused-ring (bicyclic) bond motifs is 1. The predicted molar refractivity (Wildman–Crippen MR) is 77.4 cm³/mol. The maximum absolute atomic E-state index is 12.6. The first-order valence-corrected chi connectivity index (χ1v) is 8.50. The number of sulfonamides is 1. The molecule has 0 saturated heterocycles. The molecular weight excluding hydrogens is 298 g/mol. The van der Waals surface area contributed by atoms with E-state index in [1.165, 1.54) is 4.40 Å². The number of nitrogens with one attached hydrogen (secondary N) is 1. The van der Waals surface area contributed by atoms with Crippen molar-refractivity contribution in [3.8, 4) is 0 Å². The molecule has 1 N–H and O–H groups in total. The summed E-state index contributed by atoms with van der Waals surface area (Å²) >= 11 is 6.03. The Kier molecular flexibility index (Phi) is 3.27. The lowest BCUT2D eigenvalue weighted by Crippen LogP contribution is -2.53. The van der Waals surface area contributed by atoms with E-state index in [0.29, 0.717) is 5.65 Å². The molecule has 2 aromatic heterocycles. The van der Waals surface area contributed by atoms with Crippen LogP contribution < -0.4 is 4.72 Å². The highest BCUT2D eigenvalue weighted by Crippen LogP contribution is 2.36. The third-order valence-electron chi connectivity index (χ3n) is 4.04. The lowest BCUT2D eigenvalue weighted by Gasteiger charge is -2.41. The largest absolute Gasteiger partial charge is 0.288 e. The molecule has 0 aliphatic heterocycles. The monoisotopic (exact) mass is 313 g/mol. The van der Waals surface area contributed by atoms with Gasteiger partial charge in [-0.05, 0) is 37.8 Å². The summed E-state index contributed by atoms with van der Waals surface area (Å²) in [5.41, 5.74) is 0.207. The molecule has 0 unspecified atom stereocenters. The maximum Gasteiger partial charge on any atom is 0.260 e. The number of hydrogen-bond acceptors (Lipinski definition) is 3. The topological polar surface area (TPSA) is 63.5 Å². The summed E-state index contributed by atoms with van der Waals surface area (Å²) < 4.78 is 29.6. The maximum atomic E-state index is 12.6. The van der Waals surface area contributed by atoms with Gasteiger partial charge in [-0.2, -0.15) is 0 Å². The van der Waals surface area contributed by atoms with Crippen molar-refractivity contribution in [2.45, 2.75) is 43.2 Å². The lowest BCUT2D eigenvalue weighted by atomic mass is 9.76. The van der Waals surface area contributed by atoms with Gasteiger partial charge in [0.05, 0.1) is 0 Å². The van der Waals surface area contributed by atoms with E-state index >= 15 is 0 Å². The first-order valence-electron chi connectivity index (χ1n) is 6.64. The number of aromatic nitrogens is 2. The Morgan fingerprint density at radius 1 is 1.45 bits per heavy atom. The molecule has 2 heterocycles. The van der Waals surface area contributed by atoms with Crippen molar-refractivity contribution in [1.29, 1.82) is 0 Å². The molecule has 108 valence electrons. The highest BCUT2D eigenvalue weighted by molar-refractivity contribution is 7.89. The van der Waals surface area contributed by atoms with Gasteiger partial charge < -0.3 is 0 Å². The minimum Gasteiger partial charge on any atom is -0.288 e. The number of imidazole rings is 1. The van der Waals surface area contributed by atoms with Crippen molar-refractivity contribution in [1.82, 2.24) is 14.1 Å². The third-order valence-corrected chi connectivity index (χ3v) is 6.02. The van der Waals surface area contributed by atoms with E-state index in [4.69, 9.17) is 11.6 Å². The minimum atomic E-state index is -3.69. The molecule has 5 nitrogen and oxygen atoms in total. The van der Waals surface area contributed by atoms with Crippen LogP contribution in [0.4, 0.5) is 0 Å². The smallest absolute Gasteiger partial charge is 0.260 e. The second kappa shape index (κ2) is 4.72. The van der Waals surface area contributed by atoms with E-state index in [9.17, 15) is 8.42 Å². The average Bonchev–Trinajstić information content (AvgIpc) is 2.70. The highest BCUT2D eigenvalue weighted by atomic mass is 35.5. The quantitative estimate of drug-likeness (QED) is 0.943. The van der Waals surface area contributed by atoms with Gasteiger partial charge in [0.2, 0.25) is 0 Å². The van der Waals surface area contributed by atoms with Crippen LogP contribution in [0.3, 0.4) is 0 Å². The van der Waals surface area contributed by atoms with Gasteiger partial charge in [0, 0.05) is 11.7 Å². The van der Waals surface area contributed by atoms with Gasteiger partial charge in [-0.1, -0.05) is 24.6 Å². The molecule has 1 fully saturated rings. The van der Waals surface area contributed by atoms with Crippen LogP contribution in [0.1, 0.15) is 32.6 Å². The summed E-state index contributed by atoms with van der Waals surface area (Å²) in [4.78, 5) is 4.09. The fourth-order valence-electron chi connectivity index (χ4n) is 2.65. The van der Waals surface area contributed by atoms with Crippen LogP contribution in [0.5, 0.6) is 0 Å². The van der Waals surface area contributed by atoms with Gasteiger partial charge in [0.1, 0.15) is 5.65 Å². The molecule has 0 radical (unpaired) electrons. The molecule has 0 spiro atoms. The fraction of sp³-hybridized carbons (Fsp3) is 0.462. The van der Waals surface area contributed by atoms with Crippen LogP contribution >= 0.6 is 11.6 Å². The zero-order valence-corrected chi connectivity index (χ0v) is 12.7. The molecule has 3 rings (SSSR count). The van der Waals surface area contributed by atoms with Gasteiger partial charge in [0.25, 0.3) is 10.0 Å². The molecule has 20 heavy (non-hydrogen) atoms. The summed E-state index contributed by atoms with van der Waals surface area (Å²) in [5.74, 6) is 0. The van der Waals surface area contributed by atoms with Crippen LogP contribution in [0.15, 0.2) is 29.4 Å². The van der Waals surface area contributed by atoms with Crippen LogP contribution in [0.2, 0.25) is 5.15 Å². The van der Waals surface area contributed by atoms with E-state index in [1.807, 2.05) is 6.92 Å². The molecular formula is C13H16ClN3O2S. The number of halogens is 1. The normalized spacial score (nSPS) is 18.1. The van der Waals surface area contributed by atoms with Crippen LogP contribution in [-0.2, 0) is 10.0 Å². The Morgan fingerprint density at radius 3 is 2.80 bits per heavy atom. The van der Waals surface area contributed by atoms with Gasteiger partial charge in [0.15, 0.2) is 10.2 Å². The average molecular weight is 314 g/mol. The summed E-state index contributed by atoms with van der Waals surface area (Å²) in [5, 5.41) is 0.0313. The molecule has 0 atom stereocenters. The van der Waals surface area contributed by atoms with Gasteiger partial charge in [-0.3, -0.25) is 4.40 Å². The Balaban J connectivity index is 2.07. The number of rotatable bonds is 4. The molecule has 0 bridgehead atoms. The third kappa shape index (κ3) is 2.12. The molecule has 1 saturated carbocycles. The van der Waals surface area contributed by atoms with Crippen LogP contribution in [-0.4, -0.2) is 23.3 Å². The Hall–Kier alpha value is -1.11.